The van der Waals surface area contributed by atoms with E-state index in [1.54, 1.807) is 0 Å². The first-order chi connectivity index (χ1) is 16.5. The highest BCUT2D eigenvalue weighted by Crippen LogP contribution is 2.34. The summed E-state index contributed by atoms with van der Waals surface area (Å²) in [4.78, 5) is 25.8. The lowest BCUT2D eigenvalue weighted by atomic mass is 9.89. The summed E-state index contributed by atoms with van der Waals surface area (Å²) in [6, 6.07) is 9.05. The van der Waals surface area contributed by atoms with Crippen LogP contribution in [0.2, 0.25) is 0 Å². The lowest BCUT2D eigenvalue weighted by Gasteiger charge is -2.39. The number of rotatable bonds is 8. The van der Waals surface area contributed by atoms with Gasteiger partial charge in [-0.3, -0.25) is 9.69 Å². The molecule has 182 valence electrons. The van der Waals surface area contributed by atoms with Crippen molar-refractivity contribution in [3.8, 4) is 0 Å². The number of primary amides is 1. The Morgan fingerprint density at radius 2 is 2.00 bits per heavy atom. The van der Waals surface area contributed by atoms with E-state index in [-0.39, 0.29) is 5.92 Å². The second kappa shape index (κ2) is 9.92. The number of carbonyl (C=O) groups excluding carboxylic acids is 1. The first-order valence-corrected chi connectivity index (χ1v) is 12.9. The van der Waals surface area contributed by atoms with Gasteiger partial charge in [-0.25, -0.2) is 4.98 Å². The number of unbranched alkanes of at least 4 members (excludes halogenated alkanes) is 1. The molecule has 7 nitrogen and oxygen atoms in total. The molecule has 0 aliphatic carbocycles. The van der Waals surface area contributed by atoms with Gasteiger partial charge in [-0.05, 0) is 57.5 Å². The van der Waals surface area contributed by atoms with Crippen molar-refractivity contribution in [2.24, 2.45) is 5.73 Å². The molecule has 3 N–H and O–H groups in total. The van der Waals surface area contributed by atoms with Crippen LogP contribution >= 0.6 is 0 Å². The van der Waals surface area contributed by atoms with E-state index in [2.05, 4.69) is 63.8 Å². The molecule has 0 saturated carbocycles. The summed E-state index contributed by atoms with van der Waals surface area (Å²) in [7, 11) is 2.20. The van der Waals surface area contributed by atoms with E-state index >= 15 is 0 Å². The zero-order valence-electron chi connectivity index (χ0n) is 20.6. The van der Waals surface area contributed by atoms with E-state index in [4.69, 9.17) is 10.7 Å². The smallest absolute Gasteiger partial charge is 0.269 e. The highest BCUT2D eigenvalue weighted by atomic mass is 16.1. The molecule has 2 aliphatic rings. The third-order valence-corrected chi connectivity index (χ3v) is 7.91. The van der Waals surface area contributed by atoms with Crippen LogP contribution in [0.3, 0.4) is 0 Å². The molecule has 2 aliphatic heterocycles. The van der Waals surface area contributed by atoms with Crippen LogP contribution in [0.1, 0.15) is 72.5 Å². The van der Waals surface area contributed by atoms with Gasteiger partial charge in [0.05, 0.1) is 12.2 Å². The number of likely N-dealkylation sites (tertiary alicyclic amines) is 1. The highest BCUT2D eigenvalue weighted by Gasteiger charge is 2.33. The number of piperidine rings is 1. The van der Waals surface area contributed by atoms with Crippen molar-refractivity contribution < 1.29 is 4.79 Å². The predicted molar refractivity (Wildman–Crippen MR) is 136 cm³/mol. The van der Waals surface area contributed by atoms with Crippen LogP contribution < -0.4 is 5.73 Å². The molecule has 4 heterocycles. The van der Waals surface area contributed by atoms with Crippen molar-refractivity contribution in [1.29, 1.82) is 0 Å². The minimum atomic E-state index is -0.400. The van der Waals surface area contributed by atoms with Crippen molar-refractivity contribution in [3.05, 3.63) is 53.2 Å². The molecule has 1 saturated heterocycles. The van der Waals surface area contributed by atoms with Gasteiger partial charge in [-0.1, -0.05) is 38.0 Å². The van der Waals surface area contributed by atoms with Crippen molar-refractivity contribution in [3.63, 3.8) is 0 Å². The van der Waals surface area contributed by atoms with Gasteiger partial charge in [0.25, 0.3) is 5.91 Å². The third-order valence-electron chi connectivity index (χ3n) is 7.91. The lowest BCUT2D eigenvalue weighted by molar-refractivity contribution is 0.0942. The number of hydrogen-bond acceptors (Lipinski definition) is 4. The van der Waals surface area contributed by atoms with Gasteiger partial charge in [-0.2, -0.15) is 0 Å². The fraction of sp³-hybridized carbons (Fsp3) is 0.556. The number of aromatic nitrogens is 3. The lowest BCUT2D eigenvalue weighted by Crippen LogP contribution is -2.46. The molecule has 1 aromatic carbocycles. The van der Waals surface area contributed by atoms with E-state index in [1.807, 2.05) is 0 Å². The Labute approximate surface area is 202 Å². The summed E-state index contributed by atoms with van der Waals surface area (Å²) in [5.74, 6) is 0.829. The van der Waals surface area contributed by atoms with Crippen LogP contribution in [-0.2, 0) is 19.5 Å². The van der Waals surface area contributed by atoms with Crippen LogP contribution in [-0.4, -0.2) is 63.0 Å². The molecule has 0 bridgehead atoms. The van der Waals surface area contributed by atoms with E-state index in [1.165, 1.54) is 23.8 Å². The number of amides is 1. The summed E-state index contributed by atoms with van der Waals surface area (Å²) in [6.07, 6.45) is 8.69. The molecule has 0 spiro atoms. The van der Waals surface area contributed by atoms with Crippen LogP contribution in [0.4, 0.5) is 0 Å². The van der Waals surface area contributed by atoms with Crippen LogP contribution in [0, 0.1) is 0 Å². The first kappa shape index (κ1) is 23.1. The molecule has 5 rings (SSSR count). The van der Waals surface area contributed by atoms with Crippen LogP contribution in [0.15, 0.2) is 30.5 Å². The van der Waals surface area contributed by atoms with Crippen LogP contribution in [0.25, 0.3) is 10.9 Å². The van der Waals surface area contributed by atoms with Gasteiger partial charge in [0.2, 0.25) is 0 Å². The number of nitrogens with one attached hydrogen (secondary N) is 1. The number of nitrogens with zero attached hydrogens (tertiary/aromatic N) is 4. The Kier molecular flexibility index (Phi) is 6.75. The fourth-order valence-electron chi connectivity index (χ4n) is 5.99. The molecular formula is C27H38N6O. The molecule has 1 fully saturated rings. The maximum absolute atomic E-state index is 12.6. The average molecular weight is 463 g/mol. The maximum atomic E-state index is 12.6. The molecule has 3 aromatic rings. The van der Waals surface area contributed by atoms with Crippen molar-refractivity contribution >= 4 is 16.8 Å². The minimum Gasteiger partial charge on any atom is -0.364 e. The van der Waals surface area contributed by atoms with Gasteiger partial charge in [0.1, 0.15) is 11.5 Å². The largest absolute Gasteiger partial charge is 0.364 e. The fourth-order valence-corrected chi connectivity index (χ4v) is 5.99. The summed E-state index contributed by atoms with van der Waals surface area (Å²) in [5, 5.41) is 1.26. The van der Waals surface area contributed by atoms with Gasteiger partial charge in [0, 0.05) is 42.1 Å². The summed E-state index contributed by atoms with van der Waals surface area (Å²) in [5.41, 5.74) is 9.91. The number of para-hydroxylation sites is 1. The number of fused-ring (bicyclic) bond motifs is 2. The molecule has 1 unspecified atom stereocenters. The Hall–Kier alpha value is -2.64. The van der Waals surface area contributed by atoms with Gasteiger partial charge in [0.15, 0.2) is 0 Å². The topological polar surface area (TPSA) is 83.2 Å². The summed E-state index contributed by atoms with van der Waals surface area (Å²) >= 11 is 0. The van der Waals surface area contributed by atoms with E-state index in [0.717, 1.165) is 75.4 Å². The molecular weight excluding hydrogens is 424 g/mol. The average Bonchev–Trinajstić information content (AvgIpc) is 3.43. The van der Waals surface area contributed by atoms with Crippen LogP contribution in [0.5, 0.6) is 0 Å². The number of H-pyrrole nitrogens is 1. The Bertz CT molecular complexity index is 1140. The number of nitrogens with two attached hydrogens (primary N) is 1. The normalized spacial score (nSPS) is 18.9. The van der Waals surface area contributed by atoms with Gasteiger partial charge >= 0.3 is 0 Å². The maximum Gasteiger partial charge on any atom is 0.269 e. The van der Waals surface area contributed by atoms with Gasteiger partial charge in [-0.15, -0.1) is 0 Å². The van der Waals surface area contributed by atoms with E-state index in [0.29, 0.717) is 11.7 Å². The summed E-state index contributed by atoms with van der Waals surface area (Å²) in [6.45, 7) is 7.23. The second-order valence-corrected chi connectivity index (χ2v) is 10.2. The standard InChI is InChI=1S/C27H38N6O/c1-3-4-7-19(16-20-17-29-23-9-6-5-8-22(20)23)26-25(27(28)34)30-24-18-32(14-15-33(24)26)21-10-12-31(2)13-11-21/h5-6,8-9,17,19,21,29H,3-4,7,10-16,18H2,1-2H3,(H2,28,34). The highest BCUT2D eigenvalue weighted by molar-refractivity contribution is 5.92. The SMILES string of the molecule is CCCCC(Cc1c[nH]c2ccccc12)c1c(C(N)=O)nc2n1CCN(C1CCN(C)CC1)C2. The number of carbonyl (C=O) groups is 1. The molecule has 1 atom stereocenters. The Morgan fingerprint density at radius 3 is 2.76 bits per heavy atom. The Balaban J connectivity index is 1.46. The molecule has 7 heteroatoms. The number of imidazole rings is 1. The Morgan fingerprint density at radius 1 is 1.21 bits per heavy atom. The molecule has 2 aromatic heterocycles. The van der Waals surface area contributed by atoms with Crippen molar-refractivity contribution in [2.75, 3.05) is 26.7 Å². The zero-order valence-corrected chi connectivity index (χ0v) is 20.6. The first-order valence-electron chi connectivity index (χ1n) is 12.9. The second-order valence-electron chi connectivity index (χ2n) is 10.2. The predicted octanol–water partition coefficient (Wildman–Crippen LogP) is 3.89. The van der Waals surface area contributed by atoms with Gasteiger partial charge < -0.3 is 20.2 Å². The number of hydrogen-bond donors (Lipinski definition) is 2. The molecule has 34 heavy (non-hydrogen) atoms. The molecule has 1 amide bonds. The van der Waals surface area contributed by atoms with E-state index < -0.39 is 5.91 Å². The third kappa shape index (κ3) is 4.51. The molecule has 0 radical (unpaired) electrons. The quantitative estimate of drug-likeness (QED) is 0.532. The monoisotopic (exact) mass is 462 g/mol. The minimum absolute atomic E-state index is 0.220. The van der Waals surface area contributed by atoms with Crippen molar-refractivity contribution in [2.45, 2.75) is 70.5 Å². The van der Waals surface area contributed by atoms with Crippen molar-refractivity contribution in [1.82, 2.24) is 24.3 Å². The van der Waals surface area contributed by atoms with E-state index in [9.17, 15) is 4.79 Å². The number of aromatic amines is 1. The number of benzene rings is 1. The zero-order chi connectivity index (χ0) is 23.7. The summed E-state index contributed by atoms with van der Waals surface area (Å²) < 4.78 is 2.33.